The van der Waals surface area contributed by atoms with Gasteiger partial charge >= 0.3 is 0 Å². The Balaban J connectivity index is 2.12. The minimum atomic E-state index is -0.210. The van der Waals surface area contributed by atoms with Gasteiger partial charge in [-0.05, 0) is 12.8 Å². The van der Waals surface area contributed by atoms with Crippen LogP contribution in [0.5, 0.6) is 0 Å². The predicted molar refractivity (Wildman–Crippen MR) is 81.4 cm³/mol. The molecule has 0 aromatic rings. The van der Waals surface area contributed by atoms with Crippen molar-refractivity contribution in [1.29, 1.82) is 0 Å². The van der Waals surface area contributed by atoms with E-state index in [1.54, 1.807) is 0 Å². The molecule has 1 saturated heterocycles. The fraction of sp³-hybridized carbons (Fsp3) is 1.00. The van der Waals surface area contributed by atoms with E-state index in [0.717, 1.165) is 26.1 Å². The third-order valence-electron chi connectivity index (χ3n) is 4.14. The number of unbranched alkanes of at least 4 members (excludes halogenated alkanes) is 8. The fourth-order valence-electron chi connectivity index (χ4n) is 2.91. The molecule has 114 valence electrons. The lowest BCUT2D eigenvalue weighted by Gasteiger charge is -2.27. The Labute approximate surface area is 120 Å². The van der Waals surface area contributed by atoms with Crippen LogP contribution in [0, 0.1) is 0 Å². The monoisotopic (exact) mass is 270 g/mol. The van der Waals surface area contributed by atoms with Gasteiger partial charge in [0.05, 0.1) is 13.2 Å². The highest BCUT2D eigenvalue weighted by atomic mass is 16.7. The third kappa shape index (κ3) is 7.31. The molecule has 0 unspecified atom stereocenters. The Bertz CT molecular complexity index is 197. The normalized spacial score (nSPS) is 18.0. The lowest BCUT2D eigenvalue weighted by molar-refractivity contribution is -0.168. The Morgan fingerprint density at radius 1 is 0.632 bits per heavy atom. The van der Waals surface area contributed by atoms with Gasteiger partial charge in [0, 0.05) is 12.8 Å². The van der Waals surface area contributed by atoms with Crippen molar-refractivity contribution >= 4 is 0 Å². The highest BCUT2D eigenvalue weighted by molar-refractivity contribution is 4.74. The first-order valence-corrected chi connectivity index (χ1v) is 8.61. The maximum absolute atomic E-state index is 5.93. The topological polar surface area (TPSA) is 18.5 Å². The highest BCUT2D eigenvalue weighted by Gasteiger charge is 2.34. The Kier molecular flexibility index (Phi) is 9.54. The first kappa shape index (κ1) is 17.0. The summed E-state index contributed by atoms with van der Waals surface area (Å²) in [4.78, 5) is 0. The summed E-state index contributed by atoms with van der Waals surface area (Å²) in [5.41, 5.74) is 0. The molecule has 0 bridgehead atoms. The first-order chi connectivity index (χ1) is 9.33. The maximum atomic E-state index is 5.93. The average Bonchev–Trinajstić information content (AvgIpc) is 2.88. The van der Waals surface area contributed by atoms with Crippen LogP contribution in [-0.2, 0) is 9.47 Å². The molecule has 2 nitrogen and oxygen atoms in total. The van der Waals surface area contributed by atoms with Gasteiger partial charge in [0.15, 0.2) is 5.79 Å². The van der Waals surface area contributed by atoms with Crippen LogP contribution in [0.15, 0.2) is 0 Å². The second kappa shape index (κ2) is 10.7. The summed E-state index contributed by atoms with van der Waals surface area (Å²) in [6.45, 7) is 6.12. The van der Waals surface area contributed by atoms with Gasteiger partial charge in [-0.3, -0.25) is 0 Å². The second-order valence-corrected chi connectivity index (χ2v) is 5.94. The van der Waals surface area contributed by atoms with E-state index in [1.165, 1.54) is 64.2 Å². The van der Waals surface area contributed by atoms with Gasteiger partial charge in [0.25, 0.3) is 0 Å². The summed E-state index contributed by atoms with van der Waals surface area (Å²) in [5.74, 6) is -0.210. The van der Waals surface area contributed by atoms with E-state index >= 15 is 0 Å². The summed E-state index contributed by atoms with van der Waals surface area (Å²) in [6, 6.07) is 0. The van der Waals surface area contributed by atoms with Crippen LogP contribution < -0.4 is 0 Å². The predicted octanol–water partition coefficient (Wildman–Crippen LogP) is 5.45. The van der Waals surface area contributed by atoms with Gasteiger partial charge in [-0.25, -0.2) is 0 Å². The molecular weight excluding hydrogens is 236 g/mol. The molecule has 1 aliphatic rings. The molecule has 2 heteroatoms. The first-order valence-electron chi connectivity index (χ1n) is 8.61. The van der Waals surface area contributed by atoms with Crippen molar-refractivity contribution < 1.29 is 9.47 Å². The minimum Gasteiger partial charge on any atom is -0.348 e. The number of ether oxygens (including phenoxy) is 2. The molecule has 0 N–H and O–H groups in total. The van der Waals surface area contributed by atoms with E-state index in [9.17, 15) is 0 Å². The van der Waals surface area contributed by atoms with Gasteiger partial charge in [-0.1, -0.05) is 65.2 Å². The van der Waals surface area contributed by atoms with Crippen molar-refractivity contribution in [1.82, 2.24) is 0 Å². The fourth-order valence-corrected chi connectivity index (χ4v) is 2.91. The Morgan fingerprint density at radius 2 is 1.05 bits per heavy atom. The second-order valence-electron chi connectivity index (χ2n) is 5.94. The van der Waals surface area contributed by atoms with Crippen LogP contribution in [0.1, 0.15) is 90.9 Å². The summed E-state index contributed by atoms with van der Waals surface area (Å²) in [7, 11) is 0. The van der Waals surface area contributed by atoms with Crippen LogP contribution >= 0.6 is 0 Å². The van der Waals surface area contributed by atoms with E-state index in [1.807, 2.05) is 0 Å². The standard InChI is InChI=1S/C17H34O2/c1-3-5-7-9-10-12-14-17(18-15-16-19-17)13-11-8-6-4-2/h3-16H2,1-2H3. The average molecular weight is 270 g/mol. The number of rotatable bonds is 12. The smallest absolute Gasteiger partial charge is 0.168 e. The SMILES string of the molecule is CCCCCCCCC1(CCCCCC)OCCO1. The molecule has 1 heterocycles. The van der Waals surface area contributed by atoms with Crippen LogP contribution in [0.25, 0.3) is 0 Å². The van der Waals surface area contributed by atoms with Crippen LogP contribution in [0.3, 0.4) is 0 Å². The molecule has 0 spiro atoms. The Morgan fingerprint density at radius 3 is 1.58 bits per heavy atom. The van der Waals surface area contributed by atoms with Gasteiger partial charge in [0.2, 0.25) is 0 Å². The Hall–Kier alpha value is -0.0800. The van der Waals surface area contributed by atoms with Crippen molar-refractivity contribution in [2.45, 2.75) is 96.7 Å². The van der Waals surface area contributed by atoms with Gasteiger partial charge < -0.3 is 9.47 Å². The highest BCUT2D eigenvalue weighted by Crippen LogP contribution is 2.31. The van der Waals surface area contributed by atoms with Crippen molar-refractivity contribution in [2.24, 2.45) is 0 Å². The van der Waals surface area contributed by atoms with Gasteiger partial charge in [0.1, 0.15) is 0 Å². The van der Waals surface area contributed by atoms with E-state index < -0.39 is 0 Å². The zero-order chi connectivity index (χ0) is 13.8. The van der Waals surface area contributed by atoms with Crippen molar-refractivity contribution in [2.75, 3.05) is 13.2 Å². The molecule has 1 aliphatic heterocycles. The van der Waals surface area contributed by atoms with Crippen LogP contribution in [0.2, 0.25) is 0 Å². The number of hydrogen-bond donors (Lipinski definition) is 0. The molecule has 0 saturated carbocycles. The molecule has 0 aromatic carbocycles. The van der Waals surface area contributed by atoms with Crippen molar-refractivity contribution in [3.05, 3.63) is 0 Å². The summed E-state index contributed by atoms with van der Waals surface area (Å²) in [6.07, 6.45) is 15.5. The minimum absolute atomic E-state index is 0.210. The third-order valence-corrected chi connectivity index (χ3v) is 4.14. The summed E-state index contributed by atoms with van der Waals surface area (Å²) >= 11 is 0. The molecule has 0 aliphatic carbocycles. The van der Waals surface area contributed by atoms with E-state index in [0.29, 0.717) is 0 Å². The molecule has 0 amide bonds. The zero-order valence-corrected chi connectivity index (χ0v) is 13.2. The van der Waals surface area contributed by atoms with Crippen LogP contribution in [-0.4, -0.2) is 19.0 Å². The van der Waals surface area contributed by atoms with E-state index in [4.69, 9.17) is 9.47 Å². The molecular formula is C17H34O2. The number of hydrogen-bond acceptors (Lipinski definition) is 2. The summed E-state index contributed by atoms with van der Waals surface area (Å²) in [5, 5.41) is 0. The zero-order valence-electron chi connectivity index (χ0n) is 13.2. The van der Waals surface area contributed by atoms with Crippen molar-refractivity contribution in [3.8, 4) is 0 Å². The molecule has 1 rings (SSSR count). The molecule has 0 atom stereocenters. The maximum Gasteiger partial charge on any atom is 0.168 e. The molecule has 19 heavy (non-hydrogen) atoms. The van der Waals surface area contributed by atoms with Gasteiger partial charge in [-0.2, -0.15) is 0 Å². The van der Waals surface area contributed by atoms with E-state index in [-0.39, 0.29) is 5.79 Å². The lowest BCUT2D eigenvalue weighted by atomic mass is 9.99. The van der Waals surface area contributed by atoms with Gasteiger partial charge in [-0.15, -0.1) is 0 Å². The van der Waals surface area contributed by atoms with Crippen molar-refractivity contribution in [3.63, 3.8) is 0 Å². The van der Waals surface area contributed by atoms with Crippen LogP contribution in [0.4, 0.5) is 0 Å². The molecule has 0 aromatic heterocycles. The largest absolute Gasteiger partial charge is 0.348 e. The lowest BCUT2D eigenvalue weighted by Crippen LogP contribution is -2.30. The molecule has 1 fully saturated rings. The molecule has 0 radical (unpaired) electrons. The quantitative estimate of drug-likeness (QED) is 0.439. The van der Waals surface area contributed by atoms with E-state index in [2.05, 4.69) is 13.8 Å². The summed E-state index contributed by atoms with van der Waals surface area (Å²) < 4.78 is 11.9.